The Kier molecular flexibility index (Phi) is 3.06. The van der Waals surface area contributed by atoms with E-state index in [0.29, 0.717) is 13.2 Å². The zero-order chi connectivity index (χ0) is 11.7. The lowest BCUT2D eigenvalue weighted by Crippen LogP contribution is -2.19. The number of benzene rings is 1. The third-order valence-corrected chi connectivity index (χ3v) is 3.15. The van der Waals surface area contributed by atoms with Gasteiger partial charge in [0, 0.05) is 18.1 Å². The van der Waals surface area contributed by atoms with Crippen LogP contribution in [0.3, 0.4) is 0 Å². The highest BCUT2D eigenvalue weighted by atomic mass is 16.6. The quantitative estimate of drug-likeness (QED) is 0.833. The predicted molar refractivity (Wildman–Crippen MR) is 62.4 cm³/mol. The van der Waals surface area contributed by atoms with Crippen molar-refractivity contribution < 1.29 is 14.6 Å². The van der Waals surface area contributed by atoms with Crippen LogP contribution < -0.4 is 9.47 Å². The molecule has 0 aliphatic carbocycles. The highest BCUT2D eigenvalue weighted by Crippen LogP contribution is 2.41. The van der Waals surface area contributed by atoms with Gasteiger partial charge < -0.3 is 14.6 Å². The molecule has 0 radical (unpaired) electrons. The summed E-state index contributed by atoms with van der Waals surface area (Å²) in [4.78, 5) is 0. The second-order valence-corrected chi connectivity index (χ2v) is 4.35. The van der Waals surface area contributed by atoms with Gasteiger partial charge in [-0.25, -0.2) is 0 Å². The van der Waals surface area contributed by atoms with Gasteiger partial charge in [0.1, 0.15) is 13.2 Å². The molecule has 1 aromatic carbocycles. The van der Waals surface area contributed by atoms with Crippen LogP contribution in [0.5, 0.6) is 11.5 Å². The molecule has 1 aliphatic heterocycles. The van der Waals surface area contributed by atoms with Crippen molar-refractivity contribution >= 4 is 0 Å². The van der Waals surface area contributed by atoms with Crippen LogP contribution in [-0.4, -0.2) is 24.9 Å². The highest BCUT2D eigenvalue weighted by Gasteiger charge is 2.22. The molecule has 2 rings (SSSR count). The van der Waals surface area contributed by atoms with E-state index in [-0.39, 0.29) is 12.5 Å². The number of hydrogen-bond donors (Lipinski definition) is 1. The molecule has 0 bridgehead atoms. The van der Waals surface area contributed by atoms with Crippen molar-refractivity contribution in [3.05, 3.63) is 22.8 Å². The van der Waals surface area contributed by atoms with Crippen LogP contribution in [0, 0.1) is 13.8 Å². The molecule has 1 aromatic rings. The van der Waals surface area contributed by atoms with Gasteiger partial charge in [-0.2, -0.15) is 0 Å². The first-order valence-corrected chi connectivity index (χ1v) is 5.65. The maximum absolute atomic E-state index is 9.25. The van der Waals surface area contributed by atoms with E-state index in [9.17, 15) is 5.11 Å². The summed E-state index contributed by atoms with van der Waals surface area (Å²) in [5.41, 5.74) is 3.35. The van der Waals surface area contributed by atoms with Gasteiger partial charge in [-0.05, 0) is 25.0 Å². The van der Waals surface area contributed by atoms with E-state index in [4.69, 9.17) is 9.47 Å². The Labute approximate surface area is 96.0 Å². The summed E-state index contributed by atoms with van der Waals surface area (Å²) in [6, 6.07) is 2.09. The van der Waals surface area contributed by atoms with E-state index < -0.39 is 0 Å². The average molecular weight is 222 g/mol. The fourth-order valence-electron chi connectivity index (χ4n) is 1.96. The highest BCUT2D eigenvalue weighted by molar-refractivity contribution is 5.56. The fraction of sp³-hybridized carbons (Fsp3) is 0.538. The van der Waals surface area contributed by atoms with Crippen LogP contribution in [-0.2, 0) is 0 Å². The molecule has 0 amide bonds. The Hall–Kier alpha value is -1.22. The fourth-order valence-corrected chi connectivity index (χ4v) is 1.96. The number of hydrogen-bond acceptors (Lipinski definition) is 3. The summed E-state index contributed by atoms with van der Waals surface area (Å²) in [5, 5.41) is 9.25. The van der Waals surface area contributed by atoms with Gasteiger partial charge in [-0.1, -0.05) is 13.0 Å². The second kappa shape index (κ2) is 4.34. The molecule has 0 fully saturated rings. The lowest BCUT2D eigenvalue weighted by Gasteiger charge is -2.25. The first-order chi connectivity index (χ1) is 7.65. The molecule has 16 heavy (non-hydrogen) atoms. The maximum Gasteiger partial charge on any atom is 0.165 e. The number of aryl methyl sites for hydroxylation is 1. The lowest BCUT2D eigenvalue weighted by molar-refractivity contribution is 0.166. The maximum atomic E-state index is 9.25. The van der Waals surface area contributed by atoms with Crippen LogP contribution in [0.1, 0.15) is 29.5 Å². The van der Waals surface area contributed by atoms with E-state index in [1.165, 1.54) is 5.56 Å². The Morgan fingerprint density at radius 1 is 1.25 bits per heavy atom. The molecule has 0 aromatic heterocycles. The van der Waals surface area contributed by atoms with Crippen molar-refractivity contribution in [1.29, 1.82) is 0 Å². The molecule has 1 atom stereocenters. The topological polar surface area (TPSA) is 38.7 Å². The van der Waals surface area contributed by atoms with Crippen LogP contribution in [0.25, 0.3) is 0 Å². The normalized spacial score (nSPS) is 16.0. The molecule has 1 aliphatic rings. The van der Waals surface area contributed by atoms with Gasteiger partial charge in [0.05, 0.1) is 0 Å². The number of ether oxygens (including phenoxy) is 2. The standard InChI is InChI=1S/C13H18O3/c1-8-6-11(9(2)7-14)13-12(10(8)3)15-4-5-16-13/h6,9,14H,4-5,7H2,1-3H3. The summed E-state index contributed by atoms with van der Waals surface area (Å²) >= 11 is 0. The van der Waals surface area contributed by atoms with Crippen molar-refractivity contribution in [3.8, 4) is 11.5 Å². The van der Waals surface area contributed by atoms with Crippen LogP contribution >= 0.6 is 0 Å². The molecule has 3 heteroatoms. The lowest BCUT2D eigenvalue weighted by atomic mass is 9.95. The summed E-state index contributed by atoms with van der Waals surface area (Å²) in [6.45, 7) is 7.39. The number of aliphatic hydroxyl groups excluding tert-OH is 1. The van der Waals surface area contributed by atoms with Crippen molar-refractivity contribution in [2.24, 2.45) is 0 Å². The molecular weight excluding hydrogens is 204 g/mol. The smallest absolute Gasteiger partial charge is 0.165 e. The Balaban J connectivity index is 2.57. The van der Waals surface area contributed by atoms with Gasteiger partial charge in [-0.15, -0.1) is 0 Å². The molecule has 1 heterocycles. The Morgan fingerprint density at radius 2 is 1.88 bits per heavy atom. The molecular formula is C13H18O3. The van der Waals surface area contributed by atoms with Crippen LogP contribution in [0.2, 0.25) is 0 Å². The minimum absolute atomic E-state index is 0.0785. The Morgan fingerprint density at radius 3 is 2.50 bits per heavy atom. The third-order valence-electron chi connectivity index (χ3n) is 3.15. The first-order valence-electron chi connectivity index (χ1n) is 5.65. The van der Waals surface area contributed by atoms with Gasteiger partial charge in [-0.3, -0.25) is 0 Å². The number of rotatable bonds is 2. The third kappa shape index (κ3) is 1.76. The molecule has 1 unspecified atom stereocenters. The summed E-state index contributed by atoms with van der Waals surface area (Å²) in [7, 11) is 0. The zero-order valence-electron chi connectivity index (χ0n) is 10.0. The van der Waals surface area contributed by atoms with E-state index in [0.717, 1.165) is 22.6 Å². The minimum atomic E-state index is 0.0785. The van der Waals surface area contributed by atoms with Crippen molar-refractivity contribution in [3.63, 3.8) is 0 Å². The summed E-state index contributed by atoms with van der Waals surface area (Å²) < 4.78 is 11.3. The van der Waals surface area contributed by atoms with Crippen LogP contribution in [0.15, 0.2) is 6.07 Å². The molecule has 0 saturated carbocycles. The van der Waals surface area contributed by atoms with Gasteiger partial charge in [0.2, 0.25) is 0 Å². The number of fused-ring (bicyclic) bond motifs is 1. The van der Waals surface area contributed by atoms with Crippen molar-refractivity contribution in [1.82, 2.24) is 0 Å². The largest absolute Gasteiger partial charge is 0.486 e. The average Bonchev–Trinajstić information content (AvgIpc) is 2.33. The van der Waals surface area contributed by atoms with E-state index in [1.807, 2.05) is 13.8 Å². The molecule has 1 N–H and O–H groups in total. The molecule has 0 saturated heterocycles. The molecule has 88 valence electrons. The van der Waals surface area contributed by atoms with Gasteiger partial charge in [0.25, 0.3) is 0 Å². The second-order valence-electron chi connectivity index (χ2n) is 4.35. The summed E-state index contributed by atoms with van der Waals surface area (Å²) in [5.74, 6) is 1.74. The SMILES string of the molecule is Cc1cc(C(C)CO)c2c(c1C)OCCO2. The van der Waals surface area contributed by atoms with Crippen LogP contribution in [0.4, 0.5) is 0 Å². The monoisotopic (exact) mass is 222 g/mol. The van der Waals surface area contributed by atoms with E-state index >= 15 is 0 Å². The van der Waals surface area contributed by atoms with Crippen molar-refractivity contribution in [2.45, 2.75) is 26.7 Å². The van der Waals surface area contributed by atoms with E-state index in [2.05, 4.69) is 13.0 Å². The molecule has 3 nitrogen and oxygen atoms in total. The Bertz CT molecular complexity index is 399. The predicted octanol–water partition coefficient (Wildman–Crippen LogP) is 2.17. The number of aliphatic hydroxyl groups is 1. The van der Waals surface area contributed by atoms with Gasteiger partial charge >= 0.3 is 0 Å². The van der Waals surface area contributed by atoms with E-state index in [1.54, 1.807) is 0 Å². The molecule has 0 spiro atoms. The zero-order valence-corrected chi connectivity index (χ0v) is 10.0. The summed E-state index contributed by atoms with van der Waals surface area (Å²) in [6.07, 6.45) is 0. The first kappa shape index (κ1) is 11.3. The minimum Gasteiger partial charge on any atom is -0.486 e. The van der Waals surface area contributed by atoms with Gasteiger partial charge in [0.15, 0.2) is 11.5 Å². The van der Waals surface area contributed by atoms with Crippen molar-refractivity contribution in [2.75, 3.05) is 19.8 Å².